The van der Waals surface area contributed by atoms with E-state index in [1.807, 2.05) is 15.9 Å². The summed E-state index contributed by atoms with van der Waals surface area (Å²) < 4.78 is 0. The van der Waals surface area contributed by atoms with Crippen molar-refractivity contribution >= 4 is 11.8 Å². The number of rotatable bonds is 3. The average Bonchev–Trinajstić information content (AvgIpc) is 3.23. The molecule has 1 aliphatic carbocycles. The van der Waals surface area contributed by atoms with Crippen LogP contribution in [0.1, 0.15) is 42.7 Å². The van der Waals surface area contributed by atoms with Gasteiger partial charge in [-0.05, 0) is 43.2 Å². The first kappa shape index (κ1) is 17.5. The van der Waals surface area contributed by atoms with Crippen molar-refractivity contribution in [3.05, 3.63) is 35.4 Å². The van der Waals surface area contributed by atoms with Crippen molar-refractivity contribution in [2.24, 2.45) is 0 Å². The molecule has 1 unspecified atom stereocenters. The molecule has 1 aromatic rings. The molecule has 140 valence electrons. The van der Waals surface area contributed by atoms with Gasteiger partial charge in [-0.2, -0.15) is 0 Å². The number of hydrogen-bond acceptors (Lipinski definition) is 3. The van der Waals surface area contributed by atoms with Crippen molar-refractivity contribution in [3.8, 4) is 0 Å². The fourth-order valence-electron chi connectivity index (χ4n) is 4.62. The van der Waals surface area contributed by atoms with Crippen molar-refractivity contribution < 1.29 is 9.59 Å². The molecule has 3 aliphatic rings. The quantitative estimate of drug-likeness (QED) is 0.831. The SMILES string of the molecule is O=C(CN1CCN(C(=O)C2CCCc3ccccc32)CC1)N1CCCC1. The molecule has 4 rings (SSSR count). The first-order chi connectivity index (χ1) is 12.7. The van der Waals surface area contributed by atoms with Gasteiger partial charge in [0.05, 0.1) is 12.5 Å². The lowest BCUT2D eigenvalue weighted by atomic mass is 9.82. The van der Waals surface area contributed by atoms with E-state index in [-0.39, 0.29) is 17.7 Å². The first-order valence-electron chi connectivity index (χ1n) is 10.1. The van der Waals surface area contributed by atoms with Gasteiger partial charge in [0, 0.05) is 39.3 Å². The first-order valence-corrected chi connectivity index (χ1v) is 10.1. The number of aryl methyl sites for hydroxylation is 1. The smallest absolute Gasteiger partial charge is 0.236 e. The van der Waals surface area contributed by atoms with Crippen LogP contribution < -0.4 is 0 Å². The standard InChI is InChI=1S/C21H29N3O2/c25-20(23-10-3-4-11-23)16-22-12-14-24(15-13-22)21(26)19-9-5-7-17-6-1-2-8-18(17)19/h1-2,6,8,19H,3-5,7,9-16H2. The maximum atomic E-state index is 13.1. The van der Waals surface area contributed by atoms with E-state index in [0.717, 1.165) is 71.4 Å². The minimum atomic E-state index is 0.0257. The predicted octanol–water partition coefficient (Wildman–Crippen LogP) is 1.87. The highest BCUT2D eigenvalue weighted by Gasteiger charge is 2.32. The zero-order valence-electron chi connectivity index (χ0n) is 15.5. The number of fused-ring (bicyclic) bond motifs is 1. The van der Waals surface area contributed by atoms with E-state index in [2.05, 4.69) is 23.1 Å². The van der Waals surface area contributed by atoms with Crippen LogP contribution in [0.15, 0.2) is 24.3 Å². The van der Waals surface area contributed by atoms with Gasteiger partial charge in [0.1, 0.15) is 0 Å². The monoisotopic (exact) mass is 355 g/mol. The third kappa shape index (κ3) is 3.63. The Kier molecular flexibility index (Phi) is 5.25. The number of amides is 2. The zero-order chi connectivity index (χ0) is 17.9. The fraction of sp³-hybridized carbons (Fsp3) is 0.619. The number of piperazine rings is 1. The Morgan fingerprint density at radius 3 is 2.38 bits per heavy atom. The summed E-state index contributed by atoms with van der Waals surface area (Å²) in [6.07, 6.45) is 5.42. The van der Waals surface area contributed by atoms with Crippen LogP contribution >= 0.6 is 0 Å². The summed E-state index contributed by atoms with van der Waals surface area (Å²) in [7, 11) is 0. The molecule has 2 amide bonds. The summed E-state index contributed by atoms with van der Waals surface area (Å²) in [4.78, 5) is 31.6. The normalized spacial score (nSPS) is 23.8. The number of carbonyl (C=O) groups excluding carboxylic acids is 2. The van der Waals surface area contributed by atoms with Crippen LogP contribution in [0.5, 0.6) is 0 Å². The molecule has 1 atom stereocenters. The molecule has 2 heterocycles. The van der Waals surface area contributed by atoms with Crippen molar-refractivity contribution in [2.75, 3.05) is 45.8 Å². The Morgan fingerprint density at radius 2 is 1.62 bits per heavy atom. The molecule has 2 aliphatic heterocycles. The summed E-state index contributed by atoms with van der Waals surface area (Å²) in [6, 6.07) is 8.41. The summed E-state index contributed by atoms with van der Waals surface area (Å²) in [5, 5.41) is 0. The molecule has 0 aromatic heterocycles. The van der Waals surface area contributed by atoms with Crippen molar-refractivity contribution in [1.82, 2.24) is 14.7 Å². The minimum absolute atomic E-state index is 0.0257. The van der Waals surface area contributed by atoms with E-state index in [4.69, 9.17) is 0 Å². The van der Waals surface area contributed by atoms with Crippen LogP contribution in [0.3, 0.4) is 0 Å². The van der Waals surface area contributed by atoms with E-state index in [9.17, 15) is 9.59 Å². The molecule has 0 N–H and O–H groups in total. The van der Waals surface area contributed by atoms with Crippen molar-refractivity contribution in [1.29, 1.82) is 0 Å². The molecule has 0 radical (unpaired) electrons. The average molecular weight is 355 g/mol. The lowest BCUT2D eigenvalue weighted by Gasteiger charge is -2.37. The lowest BCUT2D eigenvalue weighted by molar-refractivity contribution is -0.136. The van der Waals surface area contributed by atoms with Gasteiger partial charge in [0.15, 0.2) is 0 Å². The number of hydrogen-bond donors (Lipinski definition) is 0. The number of benzene rings is 1. The third-order valence-electron chi connectivity index (χ3n) is 6.17. The van der Waals surface area contributed by atoms with E-state index < -0.39 is 0 Å². The Balaban J connectivity index is 1.32. The number of carbonyl (C=O) groups is 2. The minimum Gasteiger partial charge on any atom is -0.342 e. The lowest BCUT2D eigenvalue weighted by Crippen LogP contribution is -2.52. The van der Waals surface area contributed by atoms with E-state index in [1.165, 1.54) is 11.1 Å². The van der Waals surface area contributed by atoms with Gasteiger partial charge in [-0.25, -0.2) is 0 Å². The van der Waals surface area contributed by atoms with Crippen LogP contribution in [0.4, 0.5) is 0 Å². The number of nitrogens with zero attached hydrogens (tertiary/aromatic N) is 3. The summed E-state index contributed by atoms with van der Waals surface area (Å²) in [6.45, 7) is 5.43. The molecule has 2 saturated heterocycles. The Morgan fingerprint density at radius 1 is 0.885 bits per heavy atom. The summed E-state index contributed by atoms with van der Waals surface area (Å²) in [5.74, 6) is 0.559. The topological polar surface area (TPSA) is 43.9 Å². The van der Waals surface area contributed by atoms with E-state index in [0.29, 0.717) is 6.54 Å². The molecule has 0 bridgehead atoms. The molecule has 0 saturated carbocycles. The van der Waals surface area contributed by atoms with Crippen molar-refractivity contribution in [2.45, 2.75) is 38.0 Å². The Hall–Kier alpha value is -1.88. The van der Waals surface area contributed by atoms with E-state index in [1.54, 1.807) is 0 Å². The maximum Gasteiger partial charge on any atom is 0.236 e. The van der Waals surface area contributed by atoms with Crippen LogP contribution in [0, 0.1) is 0 Å². The second kappa shape index (κ2) is 7.78. The molecule has 5 nitrogen and oxygen atoms in total. The van der Waals surface area contributed by atoms with Gasteiger partial charge in [-0.3, -0.25) is 14.5 Å². The van der Waals surface area contributed by atoms with Gasteiger partial charge < -0.3 is 9.80 Å². The highest BCUT2D eigenvalue weighted by Crippen LogP contribution is 2.33. The molecule has 1 aromatic carbocycles. The maximum absolute atomic E-state index is 13.1. The van der Waals surface area contributed by atoms with Crippen LogP contribution in [0.25, 0.3) is 0 Å². The van der Waals surface area contributed by atoms with Crippen molar-refractivity contribution in [3.63, 3.8) is 0 Å². The molecule has 26 heavy (non-hydrogen) atoms. The van der Waals surface area contributed by atoms with Gasteiger partial charge >= 0.3 is 0 Å². The fourth-order valence-corrected chi connectivity index (χ4v) is 4.62. The molecular weight excluding hydrogens is 326 g/mol. The van der Waals surface area contributed by atoms with Gasteiger partial charge in [-0.1, -0.05) is 24.3 Å². The number of likely N-dealkylation sites (tertiary alicyclic amines) is 1. The van der Waals surface area contributed by atoms with Gasteiger partial charge in [-0.15, -0.1) is 0 Å². The second-order valence-electron chi connectivity index (χ2n) is 7.83. The Labute approximate surface area is 155 Å². The van der Waals surface area contributed by atoms with Gasteiger partial charge in [0.25, 0.3) is 0 Å². The second-order valence-corrected chi connectivity index (χ2v) is 7.83. The van der Waals surface area contributed by atoms with Crippen LogP contribution in [-0.4, -0.2) is 72.3 Å². The highest BCUT2D eigenvalue weighted by atomic mass is 16.2. The predicted molar refractivity (Wildman–Crippen MR) is 101 cm³/mol. The zero-order valence-corrected chi connectivity index (χ0v) is 15.5. The summed E-state index contributed by atoms with van der Waals surface area (Å²) in [5.41, 5.74) is 2.57. The van der Waals surface area contributed by atoms with Crippen LogP contribution in [0.2, 0.25) is 0 Å². The third-order valence-corrected chi connectivity index (χ3v) is 6.17. The van der Waals surface area contributed by atoms with Gasteiger partial charge in [0.2, 0.25) is 11.8 Å². The molecular formula is C21H29N3O2. The Bertz CT molecular complexity index is 661. The van der Waals surface area contributed by atoms with Crippen LogP contribution in [-0.2, 0) is 16.0 Å². The summed E-state index contributed by atoms with van der Waals surface area (Å²) >= 11 is 0. The molecule has 2 fully saturated rings. The highest BCUT2D eigenvalue weighted by molar-refractivity contribution is 5.84. The van der Waals surface area contributed by atoms with E-state index >= 15 is 0 Å². The molecule has 0 spiro atoms. The molecule has 5 heteroatoms. The largest absolute Gasteiger partial charge is 0.342 e.